The number of halogens is 2. The zero-order valence-corrected chi connectivity index (χ0v) is 20.8. The number of esters is 1. The first-order valence-corrected chi connectivity index (χ1v) is 12.6. The Kier molecular flexibility index (Phi) is 5.50. The van der Waals surface area contributed by atoms with Gasteiger partial charge in [-0.15, -0.1) is 11.6 Å². The summed E-state index contributed by atoms with van der Waals surface area (Å²) >= 11 is 6.07. The highest BCUT2D eigenvalue weighted by atomic mass is 35.5. The van der Waals surface area contributed by atoms with Gasteiger partial charge in [0, 0.05) is 22.7 Å². The first-order chi connectivity index (χ1) is 16.5. The maximum absolute atomic E-state index is 17.3. The molecule has 4 aliphatic carbocycles. The van der Waals surface area contributed by atoms with Crippen molar-refractivity contribution in [1.29, 1.82) is 0 Å². The lowest BCUT2D eigenvalue weighted by molar-refractivity contribution is -0.218. The zero-order chi connectivity index (χ0) is 25.4. The largest absolute Gasteiger partial charge is 0.472 e. The number of aliphatic hydroxyl groups is 1. The molecule has 188 valence electrons. The highest BCUT2D eigenvalue weighted by Crippen LogP contribution is 2.71. The van der Waals surface area contributed by atoms with E-state index in [9.17, 15) is 19.5 Å². The van der Waals surface area contributed by atoms with E-state index in [0.717, 1.165) is 0 Å². The van der Waals surface area contributed by atoms with Crippen molar-refractivity contribution < 1.29 is 33.0 Å². The quantitative estimate of drug-likeness (QED) is 0.476. The van der Waals surface area contributed by atoms with Gasteiger partial charge in [-0.05, 0) is 56.7 Å². The van der Waals surface area contributed by atoms with Crippen LogP contribution < -0.4 is 0 Å². The molecule has 0 aromatic carbocycles. The summed E-state index contributed by atoms with van der Waals surface area (Å²) in [6, 6.07) is 1.45. The van der Waals surface area contributed by atoms with Crippen LogP contribution in [0.2, 0.25) is 0 Å². The fourth-order valence-electron chi connectivity index (χ4n) is 8.08. The van der Waals surface area contributed by atoms with Crippen LogP contribution >= 0.6 is 11.6 Å². The van der Waals surface area contributed by atoms with Gasteiger partial charge in [0.15, 0.2) is 22.8 Å². The predicted octanol–water partition coefficient (Wildman–Crippen LogP) is 4.60. The maximum atomic E-state index is 17.3. The van der Waals surface area contributed by atoms with Crippen molar-refractivity contribution in [3.63, 3.8) is 0 Å². The molecular formula is C27H30ClFO6. The Morgan fingerprint density at radius 3 is 2.71 bits per heavy atom. The van der Waals surface area contributed by atoms with Crippen molar-refractivity contribution in [2.45, 2.75) is 63.8 Å². The van der Waals surface area contributed by atoms with Crippen LogP contribution in [0.25, 0.3) is 0 Å². The molecule has 1 heterocycles. The lowest BCUT2D eigenvalue weighted by Crippen LogP contribution is -2.70. The molecule has 5 rings (SSSR count). The lowest BCUT2D eigenvalue weighted by Gasteiger charge is -2.62. The van der Waals surface area contributed by atoms with Crippen LogP contribution in [0.1, 0.15) is 56.8 Å². The van der Waals surface area contributed by atoms with E-state index in [1.54, 1.807) is 13.0 Å². The van der Waals surface area contributed by atoms with Crippen molar-refractivity contribution in [3.8, 4) is 0 Å². The van der Waals surface area contributed by atoms with Gasteiger partial charge in [-0.3, -0.25) is 9.59 Å². The Morgan fingerprint density at radius 2 is 2.06 bits per heavy atom. The first-order valence-electron chi connectivity index (χ1n) is 12.1. The summed E-state index contributed by atoms with van der Waals surface area (Å²) in [5.41, 5.74) is -4.98. The second-order valence-electron chi connectivity index (χ2n) is 11.1. The molecule has 0 bridgehead atoms. The topological polar surface area (TPSA) is 93.8 Å². The van der Waals surface area contributed by atoms with Crippen molar-refractivity contribution >= 4 is 29.1 Å². The van der Waals surface area contributed by atoms with Crippen LogP contribution in [0.15, 0.2) is 46.8 Å². The molecule has 3 saturated carbocycles. The normalized spacial score (nSPS) is 44.2. The van der Waals surface area contributed by atoms with E-state index in [-0.39, 0.29) is 29.6 Å². The molecule has 6 nitrogen and oxygen atoms in total. The second-order valence-corrected chi connectivity index (χ2v) is 11.4. The molecule has 1 aromatic rings. The van der Waals surface area contributed by atoms with E-state index in [0.29, 0.717) is 24.8 Å². The smallest absolute Gasteiger partial charge is 0.342 e. The monoisotopic (exact) mass is 504 g/mol. The molecule has 0 aliphatic heterocycles. The molecule has 1 aromatic heterocycles. The molecule has 8 heteroatoms. The van der Waals surface area contributed by atoms with E-state index in [1.807, 2.05) is 13.8 Å². The number of furan rings is 1. The number of fused-ring (bicyclic) bond motifs is 5. The number of carbonyl (C=O) groups is 3. The number of ether oxygens (including phenoxy) is 1. The van der Waals surface area contributed by atoms with E-state index in [2.05, 4.69) is 0 Å². The van der Waals surface area contributed by atoms with Crippen LogP contribution in [0.4, 0.5) is 4.39 Å². The Morgan fingerprint density at radius 1 is 1.31 bits per heavy atom. The Labute approximate surface area is 208 Å². The van der Waals surface area contributed by atoms with Gasteiger partial charge in [-0.2, -0.15) is 0 Å². The predicted molar refractivity (Wildman–Crippen MR) is 125 cm³/mol. The van der Waals surface area contributed by atoms with E-state index in [1.165, 1.54) is 30.7 Å². The van der Waals surface area contributed by atoms with Crippen LogP contribution in [-0.2, 0) is 14.3 Å². The number of alkyl halides is 2. The van der Waals surface area contributed by atoms with E-state index < -0.39 is 51.8 Å². The Hall–Kier alpha value is -2.25. The molecule has 35 heavy (non-hydrogen) atoms. The summed E-state index contributed by atoms with van der Waals surface area (Å²) in [7, 11) is 0. The summed E-state index contributed by atoms with van der Waals surface area (Å²) in [5, 5.41) is 11.5. The van der Waals surface area contributed by atoms with Crippen LogP contribution in [0.3, 0.4) is 0 Å². The fraction of sp³-hybridized carbons (Fsp3) is 0.593. The fourth-order valence-corrected chi connectivity index (χ4v) is 8.28. The average Bonchev–Trinajstić information content (AvgIpc) is 3.42. The maximum Gasteiger partial charge on any atom is 0.342 e. The molecule has 8 atom stereocenters. The number of hydrogen-bond donors (Lipinski definition) is 1. The van der Waals surface area contributed by atoms with Gasteiger partial charge < -0.3 is 14.3 Å². The van der Waals surface area contributed by atoms with E-state index >= 15 is 4.39 Å². The molecule has 0 amide bonds. The number of carbonyl (C=O) groups excluding carboxylic acids is 3. The number of ketones is 2. The standard InChI is InChI=1S/C27H30ClFO6/c1-15-10-20-19-5-4-17-11-18(30)6-8-24(17,2)26(19,29)21(31)12-25(20,3)27(15,22(32)13-28)35-23(33)16-7-9-34-14-16/h6-9,11,14-15,19-21,31H,4-5,10,12-13H2,1-3H3/t15-,19?,20?,21?,24?,25?,26-,27-/m0/s1. The number of allylic oxidation sites excluding steroid dienone is 4. The summed E-state index contributed by atoms with van der Waals surface area (Å²) < 4.78 is 28.4. The van der Waals surface area contributed by atoms with Gasteiger partial charge in [0.05, 0.1) is 23.8 Å². The minimum atomic E-state index is -2.03. The van der Waals surface area contributed by atoms with Gasteiger partial charge in [-0.1, -0.05) is 25.5 Å². The molecular weight excluding hydrogens is 475 g/mol. The molecule has 5 unspecified atom stereocenters. The molecule has 0 saturated heterocycles. The molecule has 0 radical (unpaired) electrons. The molecule has 3 fully saturated rings. The zero-order valence-electron chi connectivity index (χ0n) is 20.1. The number of Topliss-reactive ketones (excluding diaryl/α,β-unsaturated/α-hetero) is 1. The minimum absolute atomic E-state index is 0.0824. The molecule has 4 aliphatic rings. The Balaban J connectivity index is 1.61. The van der Waals surface area contributed by atoms with Gasteiger partial charge >= 0.3 is 5.97 Å². The summed E-state index contributed by atoms with van der Waals surface area (Å²) in [6.07, 6.45) is 6.90. The van der Waals surface area contributed by atoms with Crippen LogP contribution in [0.5, 0.6) is 0 Å². The summed E-state index contributed by atoms with van der Waals surface area (Å²) in [5.74, 6) is -3.10. The SMILES string of the molecule is C[C@H]1CC2C3CCC4=CC(=O)C=CC4(C)[C@@]3(F)C(O)CC2(C)[C@@]1(OC(=O)c1ccoc1)C(=O)CCl. The summed E-state index contributed by atoms with van der Waals surface area (Å²) in [4.78, 5) is 38.6. The second kappa shape index (κ2) is 7.87. The number of rotatable bonds is 4. The van der Waals surface area contributed by atoms with Gasteiger partial charge in [0.25, 0.3) is 0 Å². The third kappa shape index (κ3) is 2.94. The van der Waals surface area contributed by atoms with Gasteiger partial charge in [0.1, 0.15) is 6.26 Å². The average molecular weight is 505 g/mol. The molecule has 1 N–H and O–H groups in total. The van der Waals surface area contributed by atoms with Crippen molar-refractivity contribution in [2.75, 3.05) is 5.88 Å². The minimum Gasteiger partial charge on any atom is -0.472 e. The van der Waals surface area contributed by atoms with Crippen LogP contribution in [-0.4, -0.2) is 45.9 Å². The lowest BCUT2D eigenvalue weighted by atomic mass is 9.44. The summed E-state index contributed by atoms with van der Waals surface area (Å²) in [6.45, 7) is 5.40. The van der Waals surface area contributed by atoms with Gasteiger partial charge in [-0.25, -0.2) is 9.18 Å². The van der Waals surface area contributed by atoms with Crippen LogP contribution in [0, 0.1) is 28.6 Å². The number of hydrogen-bond acceptors (Lipinski definition) is 6. The van der Waals surface area contributed by atoms with Crippen molar-refractivity contribution in [2.24, 2.45) is 28.6 Å². The number of aliphatic hydroxyl groups excluding tert-OH is 1. The molecule has 0 spiro atoms. The van der Waals surface area contributed by atoms with Gasteiger partial charge in [0.2, 0.25) is 0 Å². The third-order valence-corrected chi connectivity index (χ3v) is 9.97. The van der Waals surface area contributed by atoms with Crippen molar-refractivity contribution in [3.05, 3.63) is 48.0 Å². The first kappa shape index (κ1) is 24.4. The van der Waals surface area contributed by atoms with E-state index in [4.69, 9.17) is 20.8 Å². The highest BCUT2D eigenvalue weighted by Gasteiger charge is 2.77. The highest BCUT2D eigenvalue weighted by molar-refractivity contribution is 6.29. The third-order valence-electron chi connectivity index (χ3n) is 9.73. The Bertz CT molecular complexity index is 1140. The van der Waals surface area contributed by atoms with Crippen molar-refractivity contribution in [1.82, 2.24) is 0 Å².